The number of amides is 1. The van der Waals surface area contributed by atoms with E-state index in [4.69, 9.17) is 56.8 Å². The van der Waals surface area contributed by atoms with Crippen LogP contribution >= 0.6 is 0 Å². The highest BCUT2D eigenvalue weighted by Gasteiger charge is 2.65. The summed E-state index contributed by atoms with van der Waals surface area (Å²) in [5, 5.41) is 61.6. The number of esters is 2. The Morgan fingerprint density at radius 3 is 2.06 bits per heavy atom. The molecule has 0 radical (unpaired) electrons. The molecule has 5 heterocycles. The molecule has 518 valence electrons. The van der Waals surface area contributed by atoms with Gasteiger partial charge in [0.25, 0.3) is 0 Å². The third kappa shape index (κ3) is 14.0. The maximum absolute atomic E-state index is 16.2. The smallest absolute Gasteiger partial charge is 0.407 e. The van der Waals surface area contributed by atoms with E-state index in [0.717, 1.165) is 7.11 Å². The number of Topliss-reactive ketones (excluding diaryl/α,β-unsaturated/α-hetero) is 1. The Hall–Kier alpha value is -5.03. The largest absolute Gasteiger partial charge is 0.507 e. The second-order valence-corrected chi connectivity index (χ2v) is 28.8. The van der Waals surface area contributed by atoms with Gasteiger partial charge in [0.15, 0.2) is 48.4 Å². The van der Waals surface area contributed by atoms with Gasteiger partial charge in [-0.2, -0.15) is 0 Å². The molecule has 4 saturated heterocycles. The second-order valence-electron chi connectivity index (χ2n) is 28.8. The number of methoxy groups -OCH3 is 1. The number of fused-ring (bicyclic) bond motifs is 3. The lowest BCUT2D eigenvalue weighted by atomic mass is 9.48. The first-order valence-electron chi connectivity index (χ1n) is 33.4. The molecule has 25 heteroatoms. The van der Waals surface area contributed by atoms with Gasteiger partial charge in [0.1, 0.15) is 30.1 Å². The molecule has 1 spiro atoms. The topological polar surface area (TPSA) is 332 Å². The molecule has 2 bridgehead atoms. The standard InChI is InChI=1S/C68H98N2O23/c1-31-14-19-49(90-55-29-66(11,70(80)81)61(39(9)86-55)69-65(79)82-13)33(3)24-45-47(74)25-41(30-71)28-68(45)63(77)56(64(78)93-68)62(76)67(12)44(31)17-16-43-57(67)34(4)22-35(5)58(43)92-54-27-51(60(38(8)85-54)87-40(10)72)88-42-15-20-50(32(2)23-42)89-53-26-48(75)59(37(7)84-53)91-52-21-18-46(73)36(6)83-52/h14,16-17,24-25,30,32,34-39,42-55,57-61,73-75,77H,15,18-23,26-29H2,1-13H3,(H,69,79)/b31-14+,33-24+/t32-,34+,35+,36+,37+,38+,39-,42+,43+,44-,45-,46-,47+,48-,49+,50?,51-,52+,53+,54+,55+,57-,58?,59?,60+,61+,66+,67-,68?/m1/s1. The quantitative estimate of drug-likeness (QED) is 0.0222. The summed E-state index contributed by atoms with van der Waals surface area (Å²) < 4.78 is 75.6. The fourth-order valence-electron chi connectivity index (χ4n) is 17.4. The van der Waals surface area contributed by atoms with E-state index in [0.29, 0.717) is 56.0 Å². The number of aliphatic hydroxyl groups is 4. The van der Waals surface area contributed by atoms with Crippen molar-refractivity contribution >= 4 is 30.1 Å². The number of allylic oxidation sites excluding steroid dienone is 2. The van der Waals surface area contributed by atoms with Crippen LogP contribution in [-0.4, -0.2) is 190 Å². The van der Waals surface area contributed by atoms with Gasteiger partial charge in [0.05, 0.1) is 86.6 Å². The zero-order chi connectivity index (χ0) is 67.5. The van der Waals surface area contributed by atoms with Crippen molar-refractivity contribution in [3.05, 3.63) is 68.5 Å². The number of nitrogens with one attached hydrogen (secondary N) is 1. The highest BCUT2D eigenvalue weighted by atomic mass is 16.7. The molecule has 6 fully saturated rings. The molecule has 25 nitrogen and oxygen atoms in total. The first-order valence-corrected chi connectivity index (χ1v) is 33.4. The zero-order valence-corrected chi connectivity index (χ0v) is 55.7. The third-order valence-corrected chi connectivity index (χ3v) is 22.2. The molecule has 4 unspecified atom stereocenters. The molecule has 5 N–H and O–H groups in total. The Morgan fingerprint density at radius 2 is 1.41 bits per heavy atom. The molecule has 2 saturated carbocycles. The van der Waals surface area contributed by atoms with E-state index >= 15 is 4.79 Å². The summed E-state index contributed by atoms with van der Waals surface area (Å²) in [5.41, 5.74) is -4.83. The van der Waals surface area contributed by atoms with Crippen molar-refractivity contribution in [3.63, 3.8) is 0 Å². The zero-order valence-electron chi connectivity index (χ0n) is 55.7. The van der Waals surface area contributed by atoms with Gasteiger partial charge in [-0.3, -0.25) is 24.5 Å². The van der Waals surface area contributed by atoms with Gasteiger partial charge >= 0.3 is 18.0 Å². The predicted molar refractivity (Wildman–Crippen MR) is 328 cm³/mol. The molecule has 5 aliphatic heterocycles. The number of carbonyl (C=O) groups excluding carboxylic acids is 5. The predicted octanol–water partition coefficient (Wildman–Crippen LogP) is 7.02. The summed E-state index contributed by atoms with van der Waals surface area (Å²) in [6.45, 7) is 21.4. The van der Waals surface area contributed by atoms with E-state index < -0.39 is 179 Å². The van der Waals surface area contributed by atoms with Crippen LogP contribution < -0.4 is 5.32 Å². The lowest BCUT2D eigenvalue weighted by Gasteiger charge is -2.56. The summed E-state index contributed by atoms with van der Waals surface area (Å²) in [4.78, 5) is 81.1. The lowest BCUT2D eigenvalue weighted by Crippen LogP contribution is -2.65. The monoisotopic (exact) mass is 1310 g/mol. The summed E-state index contributed by atoms with van der Waals surface area (Å²) in [7, 11) is 1.15. The number of nitrogens with zero attached hydrogens (tertiary/aromatic N) is 1. The van der Waals surface area contributed by atoms with Crippen molar-refractivity contribution in [2.45, 2.75) is 282 Å². The lowest BCUT2D eigenvalue weighted by molar-refractivity contribution is -0.584. The summed E-state index contributed by atoms with van der Waals surface area (Å²) >= 11 is 0. The van der Waals surface area contributed by atoms with E-state index in [2.05, 4.69) is 32.2 Å². The molecule has 0 aromatic heterocycles. The highest BCUT2D eigenvalue weighted by Crippen LogP contribution is 2.60. The van der Waals surface area contributed by atoms with Crippen LogP contribution in [-0.2, 0) is 76.0 Å². The van der Waals surface area contributed by atoms with Crippen LogP contribution in [0.15, 0.2) is 58.4 Å². The molecular weight excluding hydrogens is 1210 g/mol. The third-order valence-electron chi connectivity index (χ3n) is 22.2. The molecular formula is C68H98N2O23. The highest BCUT2D eigenvalue weighted by molar-refractivity contribution is 6.21. The van der Waals surface area contributed by atoms with Gasteiger partial charge in [0, 0.05) is 61.7 Å². The molecule has 0 aromatic carbocycles. The number of aliphatic hydroxyl groups excluding tert-OH is 4. The van der Waals surface area contributed by atoms with Crippen LogP contribution in [0.4, 0.5) is 4.79 Å². The first kappa shape index (κ1) is 70.8. The van der Waals surface area contributed by atoms with Gasteiger partial charge in [-0.15, -0.1) is 0 Å². The number of hydrogen-bond acceptors (Lipinski definition) is 23. The van der Waals surface area contributed by atoms with Crippen LogP contribution in [0.2, 0.25) is 0 Å². The van der Waals surface area contributed by atoms with Crippen LogP contribution in [0.3, 0.4) is 0 Å². The van der Waals surface area contributed by atoms with Crippen LogP contribution in [0.5, 0.6) is 0 Å². The van der Waals surface area contributed by atoms with E-state index in [-0.39, 0.29) is 73.7 Å². The fraction of sp³-hybridized carbons (Fsp3) is 0.779. The van der Waals surface area contributed by atoms with Crippen molar-refractivity contribution in [2.24, 2.45) is 46.8 Å². The van der Waals surface area contributed by atoms with Gasteiger partial charge in [0.2, 0.25) is 5.54 Å². The van der Waals surface area contributed by atoms with Gasteiger partial charge in [-0.1, -0.05) is 57.6 Å². The molecule has 10 aliphatic rings. The number of ether oxygens (including phenoxy) is 12. The molecule has 1 amide bonds. The summed E-state index contributed by atoms with van der Waals surface area (Å²) in [5.74, 6) is -6.36. The molecule has 10 rings (SSSR count). The maximum Gasteiger partial charge on any atom is 0.407 e. The molecule has 29 atom stereocenters. The Labute approximate surface area is 543 Å². The Balaban J connectivity index is 0.902. The van der Waals surface area contributed by atoms with Crippen LogP contribution in [0, 0.1) is 57.0 Å². The number of nitro groups is 1. The Morgan fingerprint density at radius 1 is 0.731 bits per heavy atom. The minimum atomic E-state index is -2.12. The fourth-order valence-corrected chi connectivity index (χ4v) is 17.4. The minimum Gasteiger partial charge on any atom is -0.507 e. The number of aldehydes is 1. The van der Waals surface area contributed by atoms with Crippen molar-refractivity contribution in [1.29, 1.82) is 0 Å². The average Bonchev–Trinajstić information content (AvgIpc) is 1.68. The summed E-state index contributed by atoms with van der Waals surface area (Å²) in [6.07, 6.45) is -1.14. The second kappa shape index (κ2) is 28.2. The maximum atomic E-state index is 16.2. The SMILES string of the molecule is COC(=O)N[C@H]1[C@@H](C)O[C@@H](O[C@H]2C/C=C(\C)[C@H]3C=C[C@@H]4C(O[C@H]5C[C@@H](O[C@H]6CCC(O[C@H]7C[C@@H](O)C(O[C@H]8CC[C@@H](O)[C@H](C)O8)[C@H](C)O7)[C@H](C)C6)[C@@H](OC(C)=O)[C@H](C)O5)[C@@H](C)C[C@H](C)[C@H]4[C@]3(C)C(=O)C3=C(O)C4(CC(C=O)=C[C@H](O)[C@H]4/C=C/2C)OC3=O)C[C@]1(C)[N+](=O)[O-]. The van der Waals surface area contributed by atoms with E-state index in [1.807, 2.05) is 39.8 Å². The van der Waals surface area contributed by atoms with E-state index in [9.17, 15) is 49.7 Å². The van der Waals surface area contributed by atoms with Crippen molar-refractivity contribution < 1.29 is 106 Å². The normalized spacial score (nSPS) is 47.4. The molecule has 0 aromatic rings. The van der Waals surface area contributed by atoms with Crippen molar-refractivity contribution in [1.82, 2.24) is 5.32 Å². The van der Waals surface area contributed by atoms with Gasteiger partial charge in [-0.25, -0.2) is 9.59 Å². The number of alkyl carbamates (subject to hydrolysis) is 1. The van der Waals surface area contributed by atoms with E-state index in [1.165, 1.54) is 19.9 Å². The molecule has 5 aliphatic carbocycles. The average molecular weight is 1310 g/mol. The minimum absolute atomic E-state index is 0.00837. The van der Waals surface area contributed by atoms with Gasteiger partial charge < -0.3 is 82.6 Å². The van der Waals surface area contributed by atoms with E-state index in [1.54, 1.807) is 26.8 Å². The Kier molecular flexibility index (Phi) is 21.5. The Bertz CT molecular complexity index is 2950. The van der Waals surface area contributed by atoms with Gasteiger partial charge in [-0.05, 0) is 121 Å². The number of ketones is 1. The molecule has 93 heavy (non-hydrogen) atoms. The van der Waals surface area contributed by atoms with Crippen molar-refractivity contribution in [2.75, 3.05) is 7.11 Å². The first-order chi connectivity index (χ1) is 43.9. The van der Waals surface area contributed by atoms with Crippen LogP contribution in [0.1, 0.15) is 154 Å². The van der Waals surface area contributed by atoms with Crippen LogP contribution in [0.25, 0.3) is 0 Å². The number of carbonyl (C=O) groups is 5. The summed E-state index contributed by atoms with van der Waals surface area (Å²) in [6, 6.07) is -1.12. The number of hydrogen-bond donors (Lipinski definition) is 5. The number of rotatable bonds is 14. The van der Waals surface area contributed by atoms with Crippen molar-refractivity contribution in [3.8, 4) is 0 Å².